The van der Waals surface area contributed by atoms with Crippen LogP contribution in [0.3, 0.4) is 0 Å². The lowest BCUT2D eigenvalue weighted by atomic mass is 9.61. The molecule has 1 aromatic carbocycles. The first-order chi connectivity index (χ1) is 9.25. The van der Waals surface area contributed by atoms with Crippen molar-refractivity contribution in [1.29, 1.82) is 0 Å². The standard InChI is InChI=1S/C16H20O3/c17-15(18)16(13-7-10-19-11-8-13)9-3-5-12-4-1-2-6-14(12)16/h1-2,4,6,13H,3,5,7-11H2,(H,17,18). The normalized spacial score (nSPS) is 27.8. The van der Waals surface area contributed by atoms with Crippen LogP contribution in [0.15, 0.2) is 24.3 Å². The molecule has 0 radical (unpaired) electrons. The highest BCUT2D eigenvalue weighted by atomic mass is 16.5. The molecule has 19 heavy (non-hydrogen) atoms. The van der Waals surface area contributed by atoms with Gasteiger partial charge in [-0.1, -0.05) is 24.3 Å². The minimum Gasteiger partial charge on any atom is -0.481 e. The topological polar surface area (TPSA) is 46.5 Å². The third kappa shape index (κ3) is 1.96. The molecular weight excluding hydrogens is 240 g/mol. The maximum atomic E-state index is 12.1. The van der Waals surface area contributed by atoms with Gasteiger partial charge in [-0.05, 0) is 49.1 Å². The summed E-state index contributed by atoms with van der Waals surface area (Å²) in [5.74, 6) is -0.438. The van der Waals surface area contributed by atoms with Crippen molar-refractivity contribution in [2.75, 3.05) is 13.2 Å². The second-order valence-electron chi connectivity index (χ2n) is 5.67. The van der Waals surface area contributed by atoms with E-state index in [2.05, 4.69) is 6.07 Å². The van der Waals surface area contributed by atoms with Crippen LogP contribution in [0, 0.1) is 5.92 Å². The second kappa shape index (κ2) is 4.97. The van der Waals surface area contributed by atoms with Gasteiger partial charge in [0.05, 0.1) is 5.41 Å². The number of carboxylic acid groups (broad SMARTS) is 1. The monoisotopic (exact) mass is 260 g/mol. The van der Waals surface area contributed by atoms with Gasteiger partial charge in [-0.2, -0.15) is 0 Å². The van der Waals surface area contributed by atoms with Crippen LogP contribution in [0.4, 0.5) is 0 Å². The van der Waals surface area contributed by atoms with Crippen molar-refractivity contribution in [2.24, 2.45) is 5.92 Å². The summed E-state index contributed by atoms with van der Waals surface area (Å²) in [7, 11) is 0. The van der Waals surface area contributed by atoms with Gasteiger partial charge >= 0.3 is 5.97 Å². The van der Waals surface area contributed by atoms with Crippen molar-refractivity contribution in [3.63, 3.8) is 0 Å². The second-order valence-corrected chi connectivity index (χ2v) is 5.67. The van der Waals surface area contributed by atoms with Gasteiger partial charge < -0.3 is 9.84 Å². The summed E-state index contributed by atoms with van der Waals surface area (Å²) < 4.78 is 5.41. The Kier molecular flexibility index (Phi) is 3.31. The lowest BCUT2D eigenvalue weighted by molar-refractivity contribution is -0.149. The van der Waals surface area contributed by atoms with E-state index >= 15 is 0 Å². The number of hydrogen-bond acceptors (Lipinski definition) is 2. The fourth-order valence-corrected chi connectivity index (χ4v) is 3.88. The lowest BCUT2D eigenvalue weighted by Gasteiger charge is -2.43. The van der Waals surface area contributed by atoms with Crippen LogP contribution >= 0.6 is 0 Å². The summed E-state index contributed by atoms with van der Waals surface area (Å²) in [6, 6.07) is 8.10. The maximum Gasteiger partial charge on any atom is 0.314 e. The zero-order valence-corrected chi connectivity index (χ0v) is 11.1. The van der Waals surface area contributed by atoms with E-state index in [4.69, 9.17) is 4.74 Å². The number of carbonyl (C=O) groups is 1. The molecule has 1 atom stereocenters. The summed E-state index contributed by atoms with van der Waals surface area (Å²) in [6.45, 7) is 1.39. The van der Waals surface area contributed by atoms with E-state index in [1.807, 2.05) is 18.2 Å². The summed E-state index contributed by atoms with van der Waals surface area (Å²) in [5, 5.41) is 9.95. The van der Waals surface area contributed by atoms with E-state index in [0.717, 1.165) is 37.7 Å². The predicted molar refractivity (Wildman–Crippen MR) is 72.2 cm³/mol. The Morgan fingerprint density at radius 1 is 1.26 bits per heavy atom. The van der Waals surface area contributed by atoms with Crippen LogP contribution in [0.2, 0.25) is 0 Å². The van der Waals surface area contributed by atoms with Gasteiger partial charge in [0.25, 0.3) is 0 Å². The Bertz CT molecular complexity index is 477. The van der Waals surface area contributed by atoms with Gasteiger partial charge in [-0.15, -0.1) is 0 Å². The minimum absolute atomic E-state index is 0.209. The summed E-state index contributed by atoms with van der Waals surface area (Å²) in [5.41, 5.74) is 1.60. The van der Waals surface area contributed by atoms with E-state index in [0.29, 0.717) is 13.2 Å². The first kappa shape index (κ1) is 12.7. The van der Waals surface area contributed by atoms with E-state index in [1.165, 1.54) is 5.56 Å². The summed E-state index contributed by atoms with van der Waals surface area (Å²) in [4.78, 5) is 12.1. The van der Waals surface area contributed by atoms with E-state index in [9.17, 15) is 9.90 Å². The number of hydrogen-bond donors (Lipinski definition) is 1. The van der Waals surface area contributed by atoms with E-state index in [-0.39, 0.29) is 5.92 Å². The molecular formula is C16H20O3. The Morgan fingerprint density at radius 2 is 2.00 bits per heavy atom. The lowest BCUT2D eigenvalue weighted by Crippen LogP contribution is -2.47. The molecule has 0 bridgehead atoms. The minimum atomic E-state index is -0.682. The van der Waals surface area contributed by atoms with Gasteiger partial charge in [0.1, 0.15) is 0 Å². The predicted octanol–water partition coefficient (Wildman–Crippen LogP) is 2.77. The third-order valence-electron chi connectivity index (χ3n) is 4.82. The molecule has 3 heteroatoms. The molecule has 0 amide bonds. The van der Waals surface area contributed by atoms with E-state index in [1.54, 1.807) is 0 Å². The average Bonchev–Trinajstić information content (AvgIpc) is 2.47. The highest BCUT2D eigenvalue weighted by Gasteiger charge is 2.49. The van der Waals surface area contributed by atoms with Crippen LogP contribution < -0.4 is 0 Å². The molecule has 1 unspecified atom stereocenters. The summed E-state index contributed by atoms with van der Waals surface area (Å²) >= 11 is 0. The fourth-order valence-electron chi connectivity index (χ4n) is 3.88. The highest BCUT2D eigenvalue weighted by molar-refractivity contribution is 5.83. The number of benzene rings is 1. The Balaban J connectivity index is 2.08. The molecule has 2 aliphatic rings. The van der Waals surface area contributed by atoms with Gasteiger partial charge in [0, 0.05) is 13.2 Å². The molecule has 1 fully saturated rings. The SMILES string of the molecule is O=C(O)C1(C2CCOCC2)CCCc2ccccc21. The first-order valence-electron chi connectivity index (χ1n) is 7.14. The third-order valence-corrected chi connectivity index (χ3v) is 4.82. The molecule has 1 N–H and O–H groups in total. The average molecular weight is 260 g/mol. The largest absolute Gasteiger partial charge is 0.481 e. The number of fused-ring (bicyclic) bond motifs is 1. The van der Waals surface area contributed by atoms with Crippen LogP contribution in [0.1, 0.15) is 36.8 Å². The molecule has 1 aliphatic carbocycles. The van der Waals surface area contributed by atoms with Crippen molar-refractivity contribution in [3.8, 4) is 0 Å². The van der Waals surface area contributed by atoms with Crippen molar-refractivity contribution in [2.45, 2.75) is 37.5 Å². The van der Waals surface area contributed by atoms with Gasteiger partial charge in [0.15, 0.2) is 0 Å². The van der Waals surface area contributed by atoms with Crippen LogP contribution in [-0.4, -0.2) is 24.3 Å². The Labute approximate surface area is 113 Å². The van der Waals surface area contributed by atoms with Crippen molar-refractivity contribution >= 4 is 5.97 Å². The van der Waals surface area contributed by atoms with Gasteiger partial charge in [-0.3, -0.25) is 4.79 Å². The Hall–Kier alpha value is -1.35. The maximum absolute atomic E-state index is 12.1. The first-order valence-corrected chi connectivity index (χ1v) is 7.14. The van der Waals surface area contributed by atoms with Gasteiger partial charge in [0.2, 0.25) is 0 Å². The molecule has 0 aromatic heterocycles. The smallest absolute Gasteiger partial charge is 0.314 e. The quantitative estimate of drug-likeness (QED) is 0.889. The van der Waals surface area contributed by atoms with Gasteiger partial charge in [-0.25, -0.2) is 0 Å². The Morgan fingerprint density at radius 3 is 2.74 bits per heavy atom. The van der Waals surface area contributed by atoms with Crippen LogP contribution in [0.5, 0.6) is 0 Å². The van der Waals surface area contributed by atoms with E-state index < -0.39 is 11.4 Å². The molecule has 1 aromatic rings. The number of ether oxygens (including phenoxy) is 1. The molecule has 0 spiro atoms. The fraction of sp³-hybridized carbons (Fsp3) is 0.562. The molecule has 102 valence electrons. The van der Waals surface area contributed by atoms with Crippen LogP contribution in [-0.2, 0) is 21.4 Å². The number of rotatable bonds is 2. The zero-order valence-electron chi connectivity index (χ0n) is 11.1. The number of aliphatic carboxylic acids is 1. The van der Waals surface area contributed by atoms with Crippen molar-refractivity contribution in [3.05, 3.63) is 35.4 Å². The van der Waals surface area contributed by atoms with Crippen molar-refractivity contribution in [1.82, 2.24) is 0 Å². The molecule has 3 nitrogen and oxygen atoms in total. The highest BCUT2D eigenvalue weighted by Crippen LogP contribution is 2.46. The molecule has 1 aliphatic heterocycles. The molecule has 1 saturated heterocycles. The zero-order chi connectivity index (χ0) is 13.3. The molecule has 1 heterocycles. The molecule has 0 saturated carbocycles. The summed E-state index contributed by atoms with van der Waals surface area (Å²) in [6.07, 6.45) is 4.47. The number of carboxylic acids is 1. The van der Waals surface area contributed by atoms with Crippen molar-refractivity contribution < 1.29 is 14.6 Å². The number of aryl methyl sites for hydroxylation is 1. The molecule has 3 rings (SSSR count). The van der Waals surface area contributed by atoms with Crippen LogP contribution in [0.25, 0.3) is 0 Å².